The fraction of sp³-hybridized carbons (Fsp3) is 0.500. The molecule has 1 fully saturated rings. The van der Waals surface area contributed by atoms with Crippen molar-refractivity contribution in [1.82, 2.24) is 0 Å². The van der Waals surface area contributed by atoms with Gasteiger partial charge in [0.15, 0.2) is 12.3 Å². The normalized spacial score (nSPS) is 24.2. The third kappa shape index (κ3) is 2.63. The van der Waals surface area contributed by atoms with E-state index in [0.717, 1.165) is 17.7 Å². The smallest absolute Gasteiger partial charge is 0.178 e. The van der Waals surface area contributed by atoms with Crippen molar-refractivity contribution in [2.45, 2.75) is 39.2 Å². The van der Waals surface area contributed by atoms with Gasteiger partial charge < -0.3 is 5.21 Å². The van der Waals surface area contributed by atoms with E-state index in [1.54, 1.807) is 0 Å². The molecular formula is C14H19NO. The van der Waals surface area contributed by atoms with Gasteiger partial charge in [-0.15, -0.1) is 0 Å². The molecule has 0 heterocycles. The SMILES string of the molecule is CC1CCCC/C1=[N+](\[O-])Cc1ccccc1. The molecule has 1 unspecified atom stereocenters. The van der Waals surface area contributed by atoms with Gasteiger partial charge in [0.1, 0.15) is 0 Å². The highest BCUT2D eigenvalue weighted by Gasteiger charge is 2.22. The van der Waals surface area contributed by atoms with E-state index < -0.39 is 0 Å². The van der Waals surface area contributed by atoms with Gasteiger partial charge in [0.05, 0.1) is 0 Å². The van der Waals surface area contributed by atoms with Crippen molar-refractivity contribution in [2.75, 3.05) is 0 Å². The van der Waals surface area contributed by atoms with E-state index in [0.29, 0.717) is 12.5 Å². The average Bonchev–Trinajstić information content (AvgIpc) is 2.31. The van der Waals surface area contributed by atoms with Crippen molar-refractivity contribution in [2.24, 2.45) is 5.92 Å². The highest BCUT2D eigenvalue weighted by Crippen LogP contribution is 2.21. The monoisotopic (exact) mass is 217 g/mol. The lowest BCUT2D eigenvalue weighted by Gasteiger charge is -2.20. The first-order valence-corrected chi connectivity index (χ1v) is 6.11. The van der Waals surface area contributed by atoms with Crippen molar-refractivity contribution in [3.63, 3.8) is 0 Å². The zero-order valence-corrected chi connectivity index (χ0v) is 9.86. The Labute approximate surface area is 97.2 Å². The van der Waals surface area contributed by atoms with E-state index >= 15 is 0 Å². The summed E-state index contributed by atoms with van der Waals surface area (Å²) in [5, 5.41) is 12.1. The van der Waals surface area contributed by atoms with Crippen LogP contribution in [0.3, 0.4) is 0 Å². The number of hydroxylamine groups is 1. The van der Waals surface area contributed by atoms with Gasteiger partial charge >= 0.3 is 0 Å². The molecule has 1 saturated carbocycles. The molecule has 1 atom stereocenters. The summed E-state index contributed by atoms with van der Waals surface area (Å²) in [4.78, 5) is 0. The molecule has 2 heteroatoms. The van der Waals surface area contributed by atoms with E-state index in [9.17, 15) is 5.21 Å². The Morgan fingerprint density at radius 1 is 1.25 bits per heavy atom. The van der Waals surface area contributed by atoms with Gasteiger partial charge in [0.2, 0.25) is 0 Å². The predicted octanol–water partition coefficient (Wildman–Crippen LogP) is 3.35. The van der Waals surface area contributed by atoms with Gasteiger partial charge in [-0.05, 0) is 12.8 Å². The number of hydrogen-bond donors (Lipinski definition) is 0. The summed E-state index contributed by atoms with van der Waals surface area (Å²) in [5.41, 5.74) is 2.19. The second kappa shape index (κ2) is 5.15. The Morgan fingerprint density at radius 3 is 2.69 bits per heavy atom. The molecule has 0 aromatic heterocycles. The van der Waals surface area contributed by atoms with Gasteiger partial charge in [0.25, 0.3) is 0 Å². The number of rotatable bonds is 2. The summed E-state index contributed by atoms with van der Waals surface area (Å²) in [7, 11) is 0. The zero-order valence-electron chi connectivity index (χ0n) is 9.86. The molecule has 0 spiro atoms. The number of hydrogen-bond acceptors (Lipinski definition) is 1. The molecule has 1 aliphatic carbocycles. The van der Waals surface area contributed by atoms with Crippen molar-refractivity contribution in [1.29, 1.82) is 0 Å². The summed E-state index contributed by atoms with van der Waals surface area (Å²) in [6.45, 7) is 2.67. The Morgan fingerprint density at radius 2 is 2.00 bits per heavy atom. The third-order valence-electron chi connectivity index (χ3n) is 3.38. The molecule has 86 valence electrons. The first-order chi connectivity index (χ1) is 7.77. The minimum absolute atomic E-state index is 0.468. The molecule has 0 aliphatic heterocycles. The van der Waals surface area contributed by atoms with Crippen LogP contribution < -0.4 is 0 Å². The van der Waals surface area contributed by atoms with E-state index in [1.807, 2.05) is 30.3 Å². The summed E-state index contributed by atoms with van der Waals surface area (Å²) < 4.78 is 1.21. The maximum Gasteiger partial charge on any atom is 0.178 e. The van der Waals surface area contributed by atoms with Crippen molar-refractivity contribution in [3.8, 4) is 0 Å². The second-order valence-corrected chi connectivity index (χ2v) is 4.66. The molecule has 0 radical (unpaired) electrons. The van der Waals surface area contributed by atoms with E-state index in [4.69, 9.17) is 0 Å². The fourth-order valence-electron chi connectivity index (χ4n) is 2.39. The Balaban J connectivity index is 2.11. The summed E-state index contributed by atoms with van der Waals surface area (Å²) >= 11 is 0. The van der Waals surface area contributed by atoms with Crippen LogP contribution in [-0.4, -0.2) is 10.5 Å². The lowest BCUT2D eigenvalue weighted by Crippen LogP contribution is -2.25. The summed E-state index contributed by atoms with van der Waals surface area (Å²) in [5.74, 6) is 0.468. The predicted molar refractivity (Wildman–Crippen MR) is 66.4 cm³/mol. The highest BCUT2D eigenvalue weighted by atomic mass is 16.5. The fourth-order valence-corrected chi connectivity index (χ4v) is 2.39. The molecule has 0 saturated heterocycles. The number of nitrogens with zero attached hydrogens (tertiary/aromatic N) is 1. The standard InChI is InChI=1S/C14H19NO/c1-12-7-5-6-10-14(12)15(16)11-13-8-3-2-4-9-13/h2-4,8-9,12H,5-7,10-11H2,1H3/b15-14+. The lowest BCUT2D eigenvalue weighted by atomic mass is 9.88. The third-order valence-corrected chi connectivity index (χ3v) is 3.38. The van der Waals surface area contributed by atoms with Gasteiger partial charge in [-0.3, -0.25) is 0 Å². The molecule has 0 bridgehead atoms. The summed E-state index contributed by atoms with van der Waals surface area (Å²) in [6, 6.07) is 9.98. The Hall–Kier alpha value is -1.31. The van der Waals surface area contributed by atoms with Gasteiger partial charge in [-0.2, -0.15) is 0 Å². The van der Waals surface area contributed by atoms with E-state index in [1.165, 1.54) is 24.0 Å². The molecule has 2 nitrogen and oxygen atoms in total. The van der Waals surface area contributed by atoms with Gasteiger partial charge in [-0.1, -0.05) is 43.7 Å². The largest absolute Gasteiger partial charge is 0.624 e. The Kier molecular flexibility index (Phi) is 3.60. The highest BCUT2D eigenvalue weighted by molar-refractivity contribution is 5.82. The van der Waals surface area contributed by atoms with E-state index in [2.05, 4.69) is 6.92 Å². The van der Waals surface area contributed by atoms with E-state index in [-0.39, 0.29) is 0 Å². The van der Waals surface area contributed by atoms with Crippen molar-refractivity contribution in [3.05, 3.63) is 41.1 Å². The molecule has 0 amide bonds. The number of benzene rings is 1. The molecule has 1 aromatic carbocycles. The van der Waals surface area contributed by atoms with Crippen LogP contribution in [0.5, 0.6) is 0 Å². The van der Waals surface area contributed by atoms with Crippen LogP contribution in [0.1, 0.15) is 38.2 Å². The molecular weight excluding hydrogens is 198 g/mol. The van der Waals surface area contributed by atoms with Crippen LogP contribution in [0.2, 0.25) is 0 Å². The molecule has 1 aromatic rings. The van der Waals surface area contributed by atoms with Gasteiger partial charge in [0, 0.05) is 17.9 Å². The average molecular weight is 217 g/mol. The first kappa shape index (κ1) is 11.2. The van der Waals surface area contributed by atoms with Crippen molar-refractivity contribution >= 4 is 5.71 Å². The van der Waals surface area contributed by atoms with Crippen LogP contribution >= 0.6 is 0 Å². The first-order valence-electron chi connectivity index (χ1n) is 6.11. The Bertz CT molecular complexity index is 370. The lowest BCUT2D eigenvalue weighted by molar-refractivity contribution is -0.479. The molecule has 1 aliphatic rings. The van der Waals surface area contributed by atoms with Crippen LogP contribution in [0.4, 0.5) is 0 Å². The van der Waals surface area contributed by atoms with Crippen LogP contribution in [0.25, 0.3) is 0 Å². The molecule has 16 heavy (non-hydrogen) atoms. The topological polar surface area (TPSA) is 26.1 Å². The van der Waals surface area contributed by atoms with Crippen LogP contribution in [0, 0.1) is 11.1 Å². The second-order valence-electron chi connectivity index (χ2n) is 4.66. The maximum atomic E-state index is 12.1. The van der Waals surface area contributed by atoms with Gasteiger partial charge in [-0.25, -0.2) is 4.74 Å². The minimum Gasteiger partial charge on any atom is -0.624 e. The van der Waals surface area contributed by atoms with Crippen LogP contribution in [0.15, 0.2) is 30.3 Å². The van der Waals surface area contributed by atoms with Crippen LogP contribution in [-0.2, 0) is 6.54 Å². The maximum absolute atomic E-state index is 12.1. The molecule has 2 rings (SSSR count). The zero-order chi connectivity index (χ0) is 11.4. The molecule has 0 N–H and O–H groups in total. The quantitative estimate of drug-likeness (QED) is 0.424. The minimum atomic E-state index is 0.468. The summed E-state index contributed by atoms with van der Waals surface area (Å²) in [6.07, 6.45) is 4.59. The van der Waals surface area contributed by atoms with Crippen molar-refractivity contribution < 1.29 is 4.74 Å².